The van der Waals surface area contributed by atoms with Crippen molar-refractivity contribution in [2.24, 2.45) is 0 Å². The molecule has 0 amide bonds. The van der Waals surface area contributed by atoms with Crippen LogP contribution in [0.25, 0.3) is 0 Å². The average Bonchev–Trinajstić information content (AvgIpc) is 2.69. The van der Waals surface area contributed by atoms with Crippen LogP contribution in [0.3, 0.4) is 0 Å². The van der Waals surface area contributed by atoms with Crippen molar-refractivity contribution in [1.29, 1.82) is 5.26 Å². The Balaban J connectivity index is 3.81. The van der Waals surface area contributed by atoms with E-state index in [4.69, 9.17) is 5.26 Å². The van der Waals surface area contributed by atoms with Crippen LogP contribution >= 0.6 is 7.53 Å². The highest BCUT2D eigenvalue weighted by Gasteiger charge is 2.36. The lowest BCUT2D eigenvalue weighted by atomic mass is 10.2. The molecular formula is C19H28NPSi2. The van der Waals surface area contributed by atoms with E-state index < -0.39 is 23.7 Å². The van der Waals surface area contributed by atoms with Crippen LogP contribution in [0.15, 0.2) is 0 Å². The summed E-state index contributed by atoms with van der Waals surface area (Å²) in [7, 11) is -3.92. The minimum atomic E-state index is -1.76. The summed E-state index contributed by atoms with van der Waals surface area (Å²) in [6.45, 7) is 17.9. The van der Waals surface area contributed by atoms with Gasteiger partial charge in [-0.1, -0.05) is 26.2 Å². The van der Waals surface area contributed by atoms with Gasteiger partial charge in [0.25, 0.3) is 0 Å². The van der Waals surface area contributed by atoms with Gasteiger partial charge in [-0.05, 0) is 54.8 Å². The maximum Gasteiger partial charge on any atom is 0.167 e. The molecule has 0 atom stereocenters. The number of nitriles is 1. The lowest BCUT2D eigenvalue weighted by Gasteiger charge is -2.23. The van der Waals surface area contributed by atoms with Crippen molar-refractivity contribution in [3.05, 3.63) is 11.1 Å². The summed E-state index contributed by atoms with van der Waals surface area (Å²) < 4.78 is 0. The van der Waals surface area contributed by atoms with Gasteiger partial charge >= 0.3 is 0 Å². The van der Waals surface area contributed by atoms with Crippen LogP contribution in [0.5, 0.6) is 0 Å². The SMILES string of the molecule is CC#C[Si](C)(C)c1c(C)c(C)c([Si](C)(C)C#CC)p1CCC#N. The predicted octanol–water partition coefficient (Wildman–Crippen LogP) is 4.16. The Morgan fingerprint density at radius 1 is 0.870 bits per heavy atom. The van der Waals surface area contributed by atoms with Crippen molar-refractivity contribution in [3.8, 4) is 29.0 Å². The Bertz CT molecular complexity index is 700. The van der Waals surface area contributed by atoms with Crippen LogP contribution in [0.4, 0.5) is 0 Å². The van der Waals surface area contributed by atoms with E-state index in [9.17, 15) is 0 Å². The molecule has 0 aliphatic rings. The lowest BCUT2D eigenvalue weighted by Crippen LogP contribution is -2.43. The summed E-state index contributed by atoms with van der Waals surface area (Å²) in [6, 6.07) is 2.36. The molecule has 0 fully saturated rings. The van der Waals surface area contributed by atoms with Gasteiger partial charge in [-0.3, -0.25) is 0 Å². The van der Waals surface area contributed by atoms with Gasteiger partial charge in [0.2, 0.25) is 0 Å². The molecule has 1 rings (SSSR count). The molecule has 1 aromatic rings. The molecule has 0 bridgehead atoms. The fraction of sp³-hybridized carbons (Fsp3) is 0.526. The highest BCUT2D eigenvalue weighted by Crippen LogP contribution is 2.35. The van der Waals surface area contributed by atoms with Crippen molar-refractivity contribution in [2.75, 3.05) is 0 Å². The Hall–Kier alpha value is -1.18. The number of nitrogens with zero attached hydrogens (tertiary/aromatic N) is 1. The zero-order chi connectivity index (χ0) is 17.8. The summed E-state index contributed by atoms with van der Waals surface area (Å²) in [4.78, 5) is 3.23. The largest absolute Gasteiger partial charge is 0.198 e. The molecular weight excluding hydrogens is 329 g/mol. The van der Waals surface area contributed by atoms with E-state index in [2.05, 4.69) is 69.0 Å². The van der Waals surface area contributed by atoms with Crippen LogP contribution in [-0.2, 0) is 6.16 Å². The summed E-state index contributed by atoms with van der Waals surface area (Å²) >= 11 is 0. The van der Waals surface area contributed by atoms with E-state index in [0.717, 1.165) is 6.16 Å². The molecule has 1 heterocycles. The van der Waals surface area contributed by atoms with Gasteiger partial charge in [0, 0.05) is 6.42 Å². The number of hydrogen-bond donors (Lipinski definition) is 0. The van der Waals surface area contributed by atoms with Crippen LogP contribution in [0.2, 0.25) is 26.2 Å². The van der Waals surface area contributed by atoms with Gasteiger partial charge in [0.05, 0.1) is 6.07 Å². The Labute approximate surface area is 145 Å². The van der Waals surface area contributed by atoms with Crippen molar-refractivity contribution in [2.45, 2.75) is 66.5 Å². The van der Waals surface area contributed by atoms with Crippen molar-refractivity contribution >= 4 is 33.5 Å². The second-order valence-corrected chi connectivity index (χ2v) is 18.0. The van der Waals surface area contributed by atoms with Gasteiger partial charge in [0.15, 0.2) is 16.1 Å². The zero-order valence-electron chi connectivity index (χ0n) is 15.8. The van der Waals surface area contributed by atoms with Crippen molar-refractivity contribution in [3.63, 3.8) is 0 Å². The average molecular weight is 358 g/mol. The van der Waals surface area contributed by atoms with Crippen LogP contribution in [-0.4, -0.2) is 16.1 Å². The zero-order valence-corrected chi connectivity index (χ0v) is 18.7. The van der Waals surface area contributed by atoms with E-state index in [1.807, 2.05) is 13.8 Å². The lowest BCUT2D eigenvalue weighted by molar-refractivity contribution is 1.16. The van der Waals surface area contributed by atoms with Crippen LogP contribution in [0.1, 0.15) is 31.4 Å². The monoisotopic (exact) mass is 357 g/mol. The molecule has 0 aliphatic heterocycles. The summed E-state index contributed by atoms with van der Waals surface area (Å²) in [5.74, 6) is 6.33. The molecule has 0 aliphatic carbocycles. The molecule has 0 saturated heterocycles. The molecule has 0 unspecified atom stereocenters. The molecule has 122 valence electrons. The first-order chi connectivity index (χ1) is 10.6. The van der Waals surface area contributed by atoms with Crippen molar-refractivity contribution < 1.29 is 0 Å². The minimum Gasteiger partial charge on any atom is -0.198 e. The van der Waals surface area contributed by atoms with Gasteiger partial charge in [-0.25, -0.2) is 0 Å². The van der Waals surface area contributed by atoms with E-state index in [-0.39, 0.29) is 0 Å². The quantitative estimate of drug-likeness (QED) is 0.586. The third kappa shape index (κ3) is 4.02. The van der Waals surface area contributed by atoms with E-state index in [1.165, 1.54) is 11.1 Å². The Kier molecular flexibility index (Phi) is 6.56. The standard InChI is InChI=1S/C19H28NPSi2/c1-9-14-22(5,6)18-16(3)17(4)19(21(18)13-11-12-20)23(7,8)15-10-2/h11,13H2,1-8H3. The van der Waals surface area contributed by atoms with Crippen molar-refractivity contribution in [1.82, 2.24) is 0 Å². The second kappa shape index (κ2) is 7.60. The fourth-order valence-electron chi connectivity index (χ4n) is 3.61. The Morgan fingerprint density at radius 2 is 1.26 bits per heavy atom. The van der Waals surface area contributed by atoms with Gasteiger partial charge in [-0.2, -0.15) is 5.26 Å². The molecule has 0 aromatic carbocycles. The summed E-state index contributed by atoms with van der Waals surface area (Å²) in [5.41, 5.74) is 10.0. The molecule has 1 aromatic heterocycles. The normalized spacial score (nSPS) is 11.1. The number of hydrogen-bond acceptors (Lipinski definition) is 1. The Morgan fingerprint density at radius 3 is 1.57 bits per heavy atom. The highest BCUT2D eigenvalue weighted by atomic mass is 31.1. The van der Waals surface area contributed by atoms with E-state index in [0.29, 0.717) is 6.42 Å². The summed E-state index contributed by atoms with van der Waals surface area (Å²) in [5, 5.41) is 9.14. The van der Waals surface area contributed by atoms with Crippen LogP contribution in [0, 0.1) is 48.1 Å². The maximum atomic E-state index is 9.14. The molecule has 4 heteroatoms. The predicted molar refractivity (Wildman–Crippen MR) is 110 cm³/mol. The van der Waals surface area contributed by atoms with E-state index >= 15 is 0 Å². The van der Waals surface area contributed by atoms with Gasteiger partial charge < -0.3 is 0 Å². The second-order valence-electron chi connectivity index (χ2n) is 7.01. The molecule has 0 radical (unpaired) electrons. The molecule has 0 saturated carbocycles. The fourth-order valence-corrected chi connectivity index (χ4v) is 16.9. The smallest absolute Gasteiger partial charge is 0.167 e. The van der Waals surface area contributed by atoms with E-state index in [1.54, 1.807) is 9.84 Å². The number of rotatable bonds is 4. The molecule has 0 N–H and O–H groups in total. The first kappa shape index (κ1) is 19.9. The van der Waals surface area contributed by atoms with Gasteiger partial charge in [0.1, 0.15) is 0 Å². The summed E-state index contributed by atoms with van der Waals surface area (Å²) in [6.07, 6.45) is 1.61. The van der Waals surface area contributed by atoms with Crippen LogP contribution < -0.4 is 9.84 Å². The third-order valence-corrected chi connectivity index (χ3v) is 16.6. The maximum absolute atomic E-state index is 9.14. The first-order valence-corrected chi connectivity index (χ1v) is 15.6. The third-order valence-electron chi connectivity index (χ3n) is 4.32. The minimum absolute atomic E-state index is 0.400. The molecule has 0 spiro atoms. The topological polar surface area (TPSA) is 23.8 Å². The molecule has 23 heavy (non-hydrogen) atoms. The first-order valence-electron chi connectivity index (χ1n) is 8.09. The van der Waals surface area contributed by atoms with Gasteiger partial charge in [-0.15, -0.1) is 30.5 Å². The molecule has 1 nitrogen and oxygen atoms in total. The highest BCUT2D eigenvalue weighted by molar-refractivity contribution is 7.65.